The fraction of sp³-hybridized carbons (Fsp3) is 0.364. The van der Waals surface area contributed by atoms with Gasteiger partial charge in [-0.05, 0) is 6.07 Å². The molecule has 92 valence electrons. The molecule has 0 aromatic heterocycles. The van der Waals surface area contributed by atoms with Gasteiger partial charge in [-0.25, -0.2) is 0 Å². The Morgan fingerprint density at radius 3 is 3.00 bits per heavy atom. The number of nitrogens with two attached hydrogens (primary N) is 1. The third-order valence-corrected chi connectivity index (χ3v) is 2.54. The fourth-order valence-electron chi connectivity index (χ4n) is 1.70. The molecular weight excluding hydrogens is 226 g/mol. The lowest BCUT2D eigenvalue weighted by atomic mass is 10.0. The molecular formula is C11H13NO5. The number of carbonyl (C=O) groups is 1. The summed E-state index contributed by atoms with van der Waals surface area (Å²) in [5, 5.41) is 8.78. The monoisotopic (exact) mass is 239 g/mol. The first-order valence-corrected chi connectivity index (χ1v) is 5.07. The Kier molecular flexibility index (Phi) is 3.06. The number of aliphatic carboxylic acids is 1. The largest absolute Gasteiger partial charge is 0.492 e. The highest BCUT2D eigenvalue weighted by Crippen LogP contribution is 2.43. The molecule has 1 atom stereocenters. The van der Waals surface area contributed by atoms with Gasteiger partial charge in [0.15, 0.2) is 11.5 Å². The second-order valence-corrected chi connectivity index (χ2v) is 3.64. The molecule has 2 rings (SSSR count). The summed E-state index contributed by atoms with van der Waals surface area (Å²) in [5.74, 6) is 0.526. The number of methoxy groups -OCH3 is 1. The van der Waals surface area contributed by atoms with Crippen molar-refractivity contribution in [2.75, 3.05) is 13.9 Å². The topological polar surface area (TPSA) is 91.0 Å². The quantitative estimate of drug-likeness (QED) is 0.789. The van der Waals surface area contributed by atoms with E-state index in [-0.39, 0.29) is 13.2 Å². The van der Waals surface area contributed by atoms with Gasteiger partial charge in [0.2, 0.25) is 12.5 Å². The maximum absolute atomic E-state index is 10.7. The molecule has 0 saturated heterocycles. The fourth-order valence-corrected chi connectivity index (χ4v) is 1.70. The second-order valence-electron chi connectivity index (χ2n) is 3.64. The van der Waals surface area contributed by atoms with E-state index in [0.29, 0.717) is 22.8 Å². The highest BCUT2D eigenvalue weighted by Gasteiger charge is 2.23. The van der Waals surface area contributed by atoms with Gasteiger partial charge in [-0.15, -0.1) is 0 Å². The van der Waals surface area contributed by atoms with Crippen LogP contribution in [0.15, 0.2) is 12.1 Å². The van der Waals surface area contributed by atoms with E-state index < -0.39 is 12.0 Å². The highest BCUT2D eigenvalue weighted by molar-refractivity contribution is 5.74. The lowest BCUT2D eigenvalue weighted by Gasteiger charge is -2.12. The van der Waals surface area contributed by atoms with Crippen LogP contribution in [0.25, 0.3) is 0 Å². The SMILES string of the molecule is COc1c(CC(N)C(=O)O)ccc2c1OCO2. The van der Waals surface area contributed by atoms with Crippen LogP contribution in [0.1, 0.15) is 5.56 Å². The van der Waals surface area contributed by atoms with E-state index in [0.717, 1.165) is 0 Å². The van der Waals surface area contributed by atoms with Crippen molar-refractivity contribution in [3.8, 4) is 17.2 Å². The third-order valence-electron chi connectivity index (χ3n) is 2.54. The van der Waals surface area contributed by atoms with E-state index in [9.17, 15) is 4.79 Å². The molecule has 1 heterocycles. The zero-order valence-electron chi connectivity index (χ0n) is 9.30. The van der Waals surface area contributed by atoms with Crippen LogP contribution in [0.2, 0.25) is 0 Å². The van der Waals surface area contributed by atoms with Crippen LogP contribution in [0.3, 0.4) is 0 Å². The van der Waals surface area contributed by atoms with Crippen molar-refractivity contribution >= 4 is 5.97 Å². The number of carboxylic acids is 1. The van der Waals surface area contributed by atoms with Gasteiger partial charge >= 0.3 is 5.97 Å². The van der Waals surface area contributed by atoms with Crippen molar-refractivity contribution in [1.82, 2.24) is 0 Å². The van der Waals surface area contributed by atoms with Crippen molar-refractivity contribution in [3.05, 3.63) is 17.7 Å². The molecule has 17 heavy (non-hydrogen) atoms. The smallest absolute Gasteiger partial charge is 0.320 e. The van der Waals surface area contributed by atoms with Gasteiger partial charge < -0.3 is 25.1 Å². The Balaban J connectivity index is 2.31. The first kappa shape index (κ1) is 11.5. The number of hydrogen-bond acceptors (Lipinski definition) is 5. The Labute approximate surface area is 97.9 Å². The molecule has 0 saturated carbocycles. The Morgan fingerprint density at radius 2 is 2.35 bits per heavy atom. The molecule has 1 aromatic rings. The molecule has 0 radical (unpaired) electrons. The average Bonchev–Trinajstić information content (AvgIpc) is 2.76. The van der Waals surface area contributed by atoms with Crippen molar-refractivity contribution < 1.29 is 24.1 Å². The summed E-state index contributed by atoms with van der Waals surface area (Å²) in [6.07, 6.45) is 0.176. The molecule has 1 aliphatic heterocycles. The summed E-state index contributed by atoms with van der Waals surface area (Å²) in [7, 11) is 1.49. The van der Waals surface area contributed by atoms with Crippen LogP contribution < -0.4 is 19.9 Å². The Morgan fingerprint density at radius 1 is 1.59 bits per heavy atom. The molecule has 6 nitrogen and oxygen atoms in total. The second kappa shape index (κ2) is 4.50. The zero-order valence-corrected chi connectivity index (χ0v) is 9.30. The molecule has 3 N–H and O–H groups in total. The summed E-state index contributed by atoms with van der Waals surface area (Å²) in [4.78, 5) is 10.7. The Hall–Kier alpha value is -1.95. The van der Waals surface area contributed by atoms with Crippen LogP contribution in [0.4, 0.5) is 0 Å². The predicted molar refractivity (Wildman–Crippen MR) is 58.4 cm³/mol. The summed E-state index contributed by atoms with van der Waals surface area (Å²) >= 11 is 0. The van der Waals surface area contributed by atoms with Crippen molar-refractivity contribution in [3.63, 3.8) is 0 Å². The first-order valence-electron chi connectivity index (χ1n) is 5.07. The Bertz CT molecular complexity index is 446. The number of carboxylic acid groups (broad SMARTS) is 1. The van der Waals surface area contributed by atoms with Crippen molar-refractivity contribution in [1.29, 1.82) is 0 Å². The van der Waals surface area contributed by atoms with Gasteiger partial charge in [-0.1, -0.05) is 6.07 Å². The van der Waals surface area contributed by atoms with Gasteiger partial charge in [-0.2, -0.15) is 0 Å². The van der Waals surface area contributed by atoms with Crippen molar-refractivity contribution in [2.24, 2.45) is 5.73 Å². The van der Waals surface area contributed by atoms with E-state index in [1.54, 1.807) is 12.1 Å². The van der Waals surface area contributed by atoms with Crippen LogP contribution >= 0.6 is 0 Å². The molecule has 1 unspecified atom stereocenters. The van der Waals surface area contributed by atoms with E-state index in [1.165, 1.54) is 7.11 Å². The van der Waals surface area contributed by atoms with E-state index >= 15 is 0 Å². The van der Waals surface area contributed by atoms with E-state index in [1.807, 2.05) is 0 Å². The normalized spacial score (nSPS) is 14.5. The molecule has 0 fully saturated rings. The summed E-state index contributed by atoms with van der Waals surface area (Å²) < 4.78 is 15.7. The zero-order chi connectivity index (χ0) is 12.4. The minimum absolute atomic E-state index is 0.139. The van der Waals surface area contributed by atoms with Crippen molar-refractivity contribution in [2.45, 2.75) is 12.5 Å². The average molecular weight is 239 g/mol. The van der Waals surface area contributed by atoms with Gasteiger partial charge in [0.1, 0.15) is 6.04 Å². The van der Waals surface area contributed by atoms with Gasteiger partial charge in [0, 0.05) is 12.0 Å². The first-order chi connectivity index (χ1) is 8.13. The number of rotatable bonds is 4. The number of fused-ring (bicyclic) bond motifs is 1. The highest BCUT2D eigenvalue weighted by atomic mass is 16.7. The number of hydrogen-bond donors (Lipinski definition) is 2. The molecule has 0 bridgehead atoms. The molecule has 1 aromatic carbocycles. The third kappa shape index (κ3) is 2.12. The minimum Gasteiger partial charge on any atom is -0.492 e. The maximum Gasteiger partial charge on any atom is 0.320 e. The lowest BCUT2D eigenvalue weighted by molar-refractivity contribution is -0.138. The summed E-state index contributed by atoms with van der Waals surface area (Å²) in [5.41, 5.74) is 6.18. The molecule has 0 spiro atoms. The number of benzene rings is 1. The number of ether oxygens (including phenoxy) is 3. The minimum atomic E-state index is -1.05. The van der Waals surface area contributed by atoms with Gasteiger partial charge in [0.05, 0.1) is 7.11 Å². The van der Waals surface area contributed by atoms with Crippen LogP contribution in [-0.2, 0) is 11.2 Å². The van der Waals surface area contributed by atoms with Gasteiger partial charge in [-0.3, -0.25) is 4.79 Å². The summed E-state index contributed by atoms with van der Waals surface area (Å²) in [6, 6.07) is 2.48. The predicted octanol–water partition coefficient (Wildman–Crippen LogP) is 0.378. The molecule has 1 aliphatic rings. The molecule has 6 heteroatoms. The molecule has 0 aliphatic carbocycles. The maximum atomic E-state index is 10.7. The summed E-state index contributed by atoms with van der Waals surface area (Å²) in [6.45, 7) is 0.139. The standard InChI is InChI=1S/C11H13NO5/c1-15-9-6(4-7(12)11(13)14)2-3-8-10(9)17-5-16-8/h2-3,7H,4-5,12H2,1H3,(H,13,14). The van der Waals surface area contributed by atoms with Crippen LogP contribution in [0, 0.1) is 0 Å². The molecule has 0 amide bonds. The van der Waals surface area contributed by atoms with E-state index in [4.69, 9.17) is 25.1 Å². The van der Waals surface area contributed by atoms with E-state index in [2.05, 4.69) is 0 Å². The van der Waals surface area contributed by atoms with Crippen LogP contribution in [-0.4, -0.2) is 31.0 Å². The lowest BCUT2D eigenvalue weighted by Crippen LogP contribution is -2.32. The van der Waals surface area contributed by atoms with Crippen LogP contribution in [0.5, 0.6) is 17.2 Å². The van der Waals surface area contributed by atoms with Gasteiger partial charge in [0.25, 0.3) is 0 Å².